The summed E-state index contributed by atoms with van der Waals surface area (Å²) in [5.41, 5.74) is 0.189. The second kappa shape index (κ2) is 9.92. The molecule has 2 aliphatic heterocycles. The minimum Gasteiger partial charge on any atom is -0.385 e. The van der Waals surface area contributed by atoms with Crippen LogP contribution in [0.2, 0.25) is 0 Å². The van der Waals surface area contributed by atoms with E-state index in [1.165, 1.54) is 43.5 Å². The number of aryl methyl sites for hydroxylation is 1. The van der Waals surface area contributed by atoms with E-state index < -0.39 is 0 Å². The molecular weight excluding hydrogens is 392 g/mol. The summed E-state index contributed by atoms with van der Waals surface area (Å²) in [4.78, 5) is 30.8. The Morgan fingerprint density at radius 1 is 1.16 bits per heavy atom. The van der Waals surface area contributed by atoms with Crippen molar-refractivity contribution in [1.82, 2.24) is 19.6 Å². The summed E-state index contributed by atoms with van der Waals surface area (Å²) in [6, 6.07) is 7.86. The van der Waals surface area contributed by atoms with Crippen LogP contribution >= 0.6 is 0 Å². The van der Waals surface area contributed by atoms with Crippen LogP contribution in [-0.2, 0) is 11.8 Å². The topological polar surface area (TPSA) is 67.7 Å². The van der Waals surface area contributed by atoms with E-state index in [-0.39, 0.29) is 11.5 Å². The molecule has 0 radical (unpaired) electrons. The van der Waals surface area contributed by atoms with E-state index in [1.54, 1.807) is 20.2 Å². The number of aromatic nitrogens is 2. The van der Waals surface area contributed by atoms with Gasteiger partial charge in [0.05, 0.1) is 5.39 Å². The third-order valence-corrected chi connectivity index (χ3v) is 6.91. The van der Waals surface area contributed by atoms with Gasteiger partial charge in [0.25, 0.3) is 11.5 Å². The molecule has 0 bridgehead atoms. The average molecular weight is 427 g/mol. The Balaban J connectivity index is 1.63. The standard InChI is InChI=1S/C24H34N4O3/c1-26-23(29)20-11-4-3-10-19(20)22(25-26)24(30)28(15-8-16-31-2)17-18-9-7-14-27-13-6-5-12-21(18)27/h3-4,10-11,18,21H,5-9,12-17H2,1-2H3/t18-,21+/m0/s1. The Bertz CT molecular complexity index is 971. The Labute approximate surface area is 184 Å². The lowest BCUT2D eigenvalue weighted by atomic mass is 9.83. The molecule has 7 heteroatoms. The van der Waals surface area contributed by atoms with Gasteiger partial charge in [0.15, 0.2) is 5.69 Å². The van der Waals surface area contributed by atoms with E-state index >= 15 is 0 Å². The van der Waals surface area contributed by atoms with Gasteiger partial charge in [0.2, 0.25) is 0 Å². The van der Waals surface area contributed by atoms with Gasteiger partial charge in [-0.2, -0.15) is 5.10 Å². The zero-order valence-corrected chi connectivity index (χ0v) is 18.8. The number of amides is 1. The molecule has 0 N–H and O–H groups in total. The summed E-state index contributed by atoms with van der Waals surface area (Å²) in [5, 5.41) is 5.57. The predicted octanol–water partition coefficient (Wildman–Crippen LogP) is 2.68. The molecule has 0 spiro atoms. The molecule has 2 aromatic rings. The number of benzene rings is 1. The predicted molar refractivity (Wildman–Crippen MR) is 121 cm³/mol. The molecule has 4 rings (SSSR count). The number of carbonyl (C=O) groups excluding carboxylic acids is 1. The molecule has 168 valence electrons. The molecule has 7 nitrogen and oxygen atoms in total. The van der Waals surface area contributed by atoms with Gasteiger partial charge < -0.3 is 14.5 Å². The zero-order chi connectivity index (χ0) is 21.8. The van der Waals surface area contributed by atoms with Crippen LogP contribution in [0.25, 0.3) is 10.8 Å². The number of hydrogen-bond donors (Lipinski definition) is 0. The maximum absolute atomic E-state index is 13.7. The van der Waals surface area contributed by atoms with Crippen molar-refractivity contribution in [1.29, 1.82) is 0 Å². The third kappa shape index (κ3) is 4.67. The first kappa shape index (κ1) is 22.0. The lowest BCUT2D eigenvalue weighted by Crippen LogP contribution is -2.52. The monoisotopic (exact) mass is 426 g/mol. The Kier molecular flexibility index (Phi) is 7.02. The third-order valence-electron chi connectivity index (χ3n) is 6.91. The Morgan fingerprint density at radius 3 is 2.74 bits per heavy atom. The highest BCUT2D eigenvalue weighted by molar-refractivity contribution is 6.04. The van der Waals surface area contributed by atoms with Gasteiger partial charge in [-0.3, -0.25) is 9.59 Å². The summed E-state index contributed by atoms with van der Waals surface area (Å²) < 4.78 is 6.54. The van der Waals surface area contributed by atoms with E-state index in [2.05, 4.69) is 10.00 Å². The number of rotatable bonds is 7. The van der Waals surface area contributed by atoms with Gasteiger partial charge in [0.1, 0.15) is 0 Å². The first-order valence-electron chi connectivity index (χ1n) is 11.6. The Morgan fingerprint density at radius 2 is 1.94 bits per heavy atom. The van der Waals surface area contributed by atoms with Crippen molar-refractivity contribution < 1.29 is 9.53 Å². The molecular formula is C24H34N4O3. The SMILES string of the molecule is COCCCN(C[C@@H]1CCCN2CCCC[C@H]12)C(=O)c1nn(C)c(=O)c2ccccc12. The minimum atomic E-state index is -0.178. The van der Waals surface area contributed by atoms with Crippen LogP contribution in [0.1, 0.15) is 49.0 Å². The minimum absolute atomic E-state index is 0.0872. The lowest BCUT2D eigenvalue weighted by molar-refractivity contribution is 0.0344. The number of hydrogen-bond acceptors (Lipinski definition) is 5. The van der Waals surface area contributed by atoms with Crippen LogP contribution in [-0.4, -0.2) is 71.4 Å². The molecule has 3 heterocycles. The average Bonchev–Trinajstić information content (AvgIpc) is 2.80. The van der Waals surface area contributed by atoms with Crippen LogP contribution in [0, 0.1) is 5.92 Å². The Hall–Kier alpha value is -2.25. The molecule has 0 saturated carbocycles. The number of ether oxygens (including phenoxy) is 1. The van der Waals surface area contributed by atoms with E-state index in [0.29, 0.717) is 41.6 Å². The van der Waals surface area contributed by atoms with Crippen molar-refractivity contribution in [2.45, 2.75) is 44.6 Å². The quantitative estimate of drug-likeness (QED) is 0.637. The summed E-state index contributed by atoms with van der Waals surface area (Å²) in [6.45, 7) is 4.36. The van der Waals surface area contributed by atoms with E-state index in [0.717, 1.165) is 19.4 Å². The molecule has 1 aromatic carbocycles. The van der Waals surface area contributed by atoms with Gasteiger partial charge in [0, 0.05) is 45.3 Å². The highest BCUT2D eigenvalue weighted by Crippen LogP contribution is 2.32. The zero-order valence-electron chi connectivity index (χ0n) is 18.8. The van der Waals surface area contributed by atoms with Crippen molar-refractivity contribution in [3.63, 3.8) is 0 Å². The van der Waals surface area contributed by atoms with E-state index in [9.17, 15) is 9.59 Å². The molecule has 2 atom stereocenters. The number of fused-ring (bicyclic) bond motifs is 2. The highest BCUT2D eigenvalue weighted by atomic mass is 16.5. The molecule has 1 amide bonds. The fourth-order valence-electron chi connectivity index (χ4n) is 5.36. The van der Waals surface area contributed by atoms with Gasteiger partial charge >= 0.3 is 0 Å². The molecule has 2 aliphatic rings. The first-order valence-corrected chi connectivity index (χ1v) is 11.6. The van der Waals surface area contributed by atoms with E-state index in [1.807, 2.05) is 23.1 Å². The van der Waals surface area contributed by atoms with Crippen LogP contribution in [0.5, 0.6) is 0 Å². The lowest BCUT2D eigenvalue weighted by Gasteiger charge is -2.45. The number of nitrogens with zero attached hydrogens (tertiary/aromatic N) is 4. The summed E-state index contributed by atoms with van der Waals surface area (Å²) in [7, 11) is 3.30. The number of piperidine rings is 2. The summed E-state index contributed by atoms with van der Waals surface area (Å²) in [5.74, 6) is 0.398. The van der Waals surface area contributed by atoms with Crippen molar-refractivity contribution in [3.8, 4) is 0 Å². The fraction of sp³-hybridized carbons (Fsp3) is 0.625. The van der Waals surface area contributed by atoms with Gasteiger partial charge in [-0.15, -0.1) is 0 Å². The van der Waals surface area contributed by atoms with E-state index in [4.69, 9.17) is 4.74 Å². The normalized spacial score (nSPS) is 21.7. The molecule has 31 heavy (non-hydrogen) atoms. The molecule has 0 aliphatic carbocycles. The number of methoxy groups -OCH3 is 1. The summed E-state index contributed by atoms with van der Waals surface area (Å²) >= 11 is 0. The fourth-order valence-corrected chi connectivity index (χ4v) is 5.36. The second-order valence-corrected chi connectivity index (χ2v) is 8.92. The smallest absolute Gasteiger partial charge is 0.274 e. The largest absolute Gasteiger partial charge is 0.385 e. The van der Waals surface area contributed by atoms with Crippen molar-refractivity contribution in [2.75, 3.05) is 39.9 Å². The van der Waals surface area contributed by atoms with Crippen molar-refractivity contribution in [3.05, 3.63) is 40.3 Å². The van der Waals surface area contributed by atoms with Gasteiger partial charge in [-0.1, -0.05) is 24.6 Å². The highest BCUT2D eigenvalue weighted by Gasteiger charge is 2.35. The molecule has 2 saturated heterocycles. The van der Waals surface area contributed by atoms with Crippen molar-refractivity contribution >= 4 is 16.7 Å². The molecule has 0 unspecified atom stereocenters. The van der Waals surface area contributed by atoms with Crippen LogP contribution in [0.4, 0.5) is 0 Å². The van der Waals surface area contributed by atoms with Crippen molar-refractivity contribution in [2.24, 2.45) is 13.0 Å². The maximum Gasteiger partial charge on any atom is 0.274 e. The molecule has 1 aromatic heterocycles. The van der Waals surface area contributed by atoms with Crippen LogP contribution in [0.3, 0.4) is 0 Å². The van der Waals surface area contributed by atoms with Gasteiger partial charge in [-0.25, -0.2) is 4.68 Å². The second-order valence-electron chi connectivity index (χ2n) is 8.92. The van der Waals surface area contributed by atoms with Gasteiger partial charge in [-0.05, 0) is 57.2 Å². The van der Waals surface area contributed by atoms with Crippen LogP contribution in [0.15, 0.2) is 29.1 Å². The van der Waals surface area contributed by atoms with Crippen LogP contribution < -0.4 is 5.56 Å². The first-order chi connectivity index (χ1) is 15.1. The molecule has 2 fully saturated rings. The summed E-state index contributed by atoms with van der Waals surface area (Å²) in [6.07, 6.45) is 6.94. The maximum atomic E-state index is 13.7. The number of carbonyl (C=O) groups is 1.